The number of alkyl halides is 2. The number of sulfone groups is 1. The summed E-state index contributed by atoms with van der Waals surface area (Å²) >= 11 is 0. The van der Waals surface area contributed by atoms with Crippen molar-refractivity contribution in [1.29, 1.82) is 0 Å². The SMILES string of the molecule is CCC1CC1(C(=O)O)S(=O)(=O)C1CC(F)(F)C1. The molecule has 4 nitrogen and oxygen atoms in total. The lowest BCUT2D eigenvalue weighted by Gasteiger charge is -2.36. The molecule has 2 aliphatic rings. The van der Waals surface area contributed by atoms with Gasteiger partial charge in [-0.05, 0) is 12.3 Å². The molecule has 0 amide bonds. The highest BCUT2D eigenvalue weighted by atomic mass is 32.2. The van der Waals surface area contributed by atoms with Gasteiger partial charge in [0.1, 0.15) is 0 Å². The molecular weight excluding hydrogens is 254 g/mol. The smallest absolute Gasteiger partial charge is 0.325 e. The maximum atomic E-state index is 12.7. The minimum Gasteiger partial charge on any atom is -0.480 e. The zero-order valence-corrected chi connectivity index (χ0v) is 10.1. The van der Waals surface area contributed by atoms with Crippen LogP contribution in [0.2, 0.25) is 0 Å². The molecule has 0 radical (unpaired) electrons. The second-order valence-electron chi connectivity index (χ2n) is 4.94. The van der Waals surface area contributed by atoms with Crippen molar-refractivity contribution >= 4 is 15.8 Å². The predicted molar refractivity (Wildman–Crippen MR) is 55.7 cm³/mol. The molecule has 98 valence electrons. The van der Waals surface area contributed by atoms with Gasteiger partial charge in [-0.2, -0.15) is 0 Å². The zero-order valence-electron chi connectivity index (χ0n) is 9.32. The van der Waals surface area contributed by atoms with Crippen LogP contribution in [0, 0.1) is 5.92 Å². The highest BCUT2D eigenvalue weighted by molar-refractivity contribution is 7.94. The van der Waals surface area contributed by atoms with Crippen LogP contribution in [0.1, 0.15) is 32.6 Å². The molecule has 17 heavy (non-hydrogen) atoms. The van der Waals surface area contributed by atoms with Gasteiger partial charge in [0.2, 0.25) is 0 Å². The summed E-state index contributed by atoms with van der Waals surface area (Å²) in [6.45, 7) is 1.71. The number of hydrogen-bond acceptors (Lipinski definition) is 3. The molecule has 2 fully saturated rings. The summed E-state index contributed by atoms with van der Waals surface area (Å²) in [6.07, 6.45) is -0.973. The number of aliphatic carboxylic acids is 1. The summed E-state index contributed by atoms with van der Waals surface area (Å²) in [5, 5.41) is 7.88. The van der Waals surface area contributed by atoms with E-state index in [2.05, 4.69) is 0 Å². The highest BCUT2D eigenvalue weighted by Crippen LogP contribution is 2.57. The van der Waals surface area contributed by atoms with Gasteiger partial charge in [0.05, 0.1) is 5.25 Å². The van der Waals surface area contributed by atoms with Crippen LogP contribution in [-0.2, 0) is 14.6 Å². The molecule has 2 saturated carbocycles. The molecule has 0 aromatic rings. The molecule has 2 atom stereocenters. The van der Waals surface area contributed by atoms with E-state index in [0.29, 0.717) is 6.42 Å². The molecule has 0 aliphatic heterocycles. The van der Waals surface area contributed by atoms with Crippen molar-refractivity contribution in [2.75, 3.05) is 0 Å². The van der Waals surface area contributed by atoms with Crippen LogP contribution in [0.15, 0.2) is 0 Å². The second kappa shape index (κ2) is 3.40. The van der Waals surface area contributed by atoms with Gasteiger partial charge in [0.15, 0.2) is 14.6 Å². The Labute approximate surface area is 97.9 Å². The third kappa shape index (κ3) is 1.58. The molecular formula is C10H14F2O4S. The fourth-order valence-corrected chi connectivity index (χ4v) is 5.47. The Kier molecular flexibility index (Phi) is 2.54. The second-order valence-corrected chi connectivity index (χ2v) is 7.42. The van der Waals surface area contributed by atoms with Crippen LogP contribution < -0.4 is 0 Å². The molecule has 2 rings (SSSR count). The first-order chi connectivity index (χ1) is 7.67. The van der Waals surface area contributed by atoms with Gasteiger partial charge >= 0.3 is 5.97 Å². The van der Waals surface area contributed by atoms with Gasteiger partial charge in [-0.1, -0.05) is 13.3 Å². The minimum atomic E-state index is -4.00. The average molecular weight is 268 g/mol. The van der Waals surface area contributed by atoms with E-state index in [9.17, 15) is 22.0 Å². The van der Waals surface area contributed by atoms with Gasteiger partial charge < -0.3 is 5.11 Å². The lowest BCUT2D eigenvalue weighted by atomic mass is 9.94. The van der Waals surface area contributed by atoms with E-state index in [1.807, 2.05) is 0 Å². The van der Waals surface area contributed by atoms with Crippen molar-refractivity contribution in [2.45, 2.75) is 48.5 Å². The summed E-state index contributed by atoms with van der Waals surface area (Å²) < 4.78 is 47.8. The predicted octanol–water partition coefficient (Wildman–Crippen LogP) is 1.45. The van der Waals surface area contributed by atoms with E-state index >= 15 is 0 Å². The van der Waals surface area contributed by atoms with E-state index in [-0.39, 0.29) is 6.42 Å². The van der Waals surface area contributed by atoms with E-state index in [1.54, 1.807) is 6.92 Å². The van der Waals surface area contributed by atoms with Crippen LogP contribution in [0.3, 0.4) is 0 Å². The lowest BCUT2D eigenvalue weighted by molar-refractivity contribution is -0.137. The maximum Gasteiger partial charge on any atom is 0.325 e. The standard InChI is InChI=1S/C10H14F2O4S/c1-2-6-3-10(6,8(13)14)17(15,16)7-4-9(11,12)5-7/h6-7H,2-5H2,1H3,(H,13,14). The van der Waals surface area contributed by atoms with E-state index in [4.69, 9.17) is 5.11 Å². The molecule has 2 aliphatic carbocycles. The fraction of sp³-hybridized carbons (Fsp3) is 0.900. The van der Waals surface area contributed by atoms with Crippen LogP contribution in [-0.4, -0.2) is 35.4 Å². The highest BCUT2D eigenvalue weighted by Gasteiger charge is 2.72. The number of carboxylic acids is 1. The van der Waals surface area contributed by atoms with Gasteiger partial charge in [-0.15, -0.1) is 0 Å². The first-order valence-electron chi connectivity index (χ1n) is 5.52. The van der Waals surface area contributed by atoms with Gasteiger partial charge in [-0.25, -0.2) is 17.2 Å². The number of carboxylic acid groups (broad SMARTS) is 1. The number of halogens is 2. The molecule has 0 aromatic carbocycles. The van der Waals surface area contributed by atoms with E-state index < -0.39 is 50.5 Å². The Bertz CT molecular complexity index is 451. The van der Waals surface area contributed by atoms with Gasteiger partial charge in [0.25, 0.3) is 5.92 Å². The van der Waals surface area contributed by atoms with Crippen molar-refractivity contribution in [3.63, 3.8) is 0 Å². The fourth-order valence-electron chi connectivity index (χ4n) is 2.64. The Morgan fingerprint density at radius 3 is 2.18 bits per heavy atom. The zero-order chi connectivity index (χ0) is 13.1. The summed E-state index contributed by atoms with van der Waals surface area (Å²) in [4.78, 5) is 11.1. The maximum absolute atomic E-state index is 12.7. The molecule has 2 unspecified atom stereocenters. The first kappa shape index (κ1) is 12.7. The van der Waals surface area contributed by atoms with Crippen molar-refractivity contribution < 1.29 is 27.1 Å². The Morgan fingerprint density at radius 1 is 1.35 bits per heavy atom. The van der Waals surface area contributed by atoms with Crippen LogP contribution >= 0.6 is 0 Å². The van der Waals surface area contributed by atoms with Crippen molar-refractivity contribution in [3.05, 3.63) is 0 Å². The topological polar surface area (TPSA) is 71.4 Å². The van der Waals surface area contributed by atoms with E-state index in [0.717, 1.165) is 0 Å². The average Bonchev–Trinajstić information content (AvgIpc) is 2.89. The van der Waals surface area contributed by atoms with Crippen molar-refractivity contribution in [2.24, 2.45) is 5.92 Å². The third-order valence-corrected chi connectivity index (χ3v) is 6.80. The Morgan fingerprint density at radius 2 is 1.88 bits per heavy atom. The molecule has 7 heteroatoms. The summed E-state index contributed by atoms with van der Waals surface area (Å²) in [5.41, 5.74) is 0. The number of carbonyl (C=O) groups is 1. The summed E-state index contributed by atoms with van der Waals surface area (Å²) in [6, 6.07) is 0. The molecule has 0 saturated heterocycles. The number of rotatable bonds is 4. The largest absolute Gasteiger partial charge is 0.480 e. The van der Waals surface area contributed by atoms with E-state index in [1.165, 1.54) is 0 Å². The molecule has 1 N–H and O–H groups in total. The van der Waals surface area contributed by atoms with Crippen LogP contribution in [0.4, 0.5) is 8.78 Å². The molecule has 0 spiro atoms. The van der Waals surface area contributed by atoms with Crippen molar-refractivity contribution in [3.8, 4) is 0 Å². The quantitative estimate of drug-likeness (QED) is 0.837. The summed E-state index contributed by atoms with van der Waals surface area (Å²) in [7, 11) is -4.00. The van der Waals surface area contributed by atoms with Crippen molar-refractivity contribution in [1.82, 2.24) is 0 Å². The first-order valence-corrected chi connectivity index (χ1v) is 7.06. The van der Waals surface area contributed by atoms with Gasteiger partial charge in [-0.3, -0.25) is 4.79 Å². The molecule has 0 bridgehead atoms. The number of hydrogen-bond donors (Lipinski definition) is 1. The van der Waals surface area contributed by atoms with Gasteiger partial charge in [0, 0.05) is 12.8 Å². The monoisotopic (exact) mass is 268 g/mol. The lowest BCUT2D eigenvalue weighted by Crippen LogP contribution is -2.51. The van der Waals surface area contributed by atoms with Crippen LogP contribution in [0.25, 0.3) is 0 Å². The summed E-state index contributed by atoms with van der Waals surface area (Å²) in [5.74, 6) is -4.77. The Hall–Kier alpha value is -0.720. The Balaban J connectivity index is 2.25. The third-order valence-electron chi connectivity index (χ3n) is 3.90. The molecule has 0 aromatic heterocycles. The minimum absolute atomic E-state index is 0.0588. The van der Waals surface area contributed by atoms with Crippen LogP contribution in [0.5, 0.6) is 0 Å². The normalized spacial score (nSPS) is 36.3. The molecule has 0 heterocycles.